The zero-order chi connectivity index (χ0) is 21.4. The molecule has 0 fully saturated rings. The number of ketones is 1. The van der Waals surface area contributed by atoms with E-state index in [0.717, 1.165) is 22.8 Å². The number of nitrogens with zero attached hydrogens (tertiary/aromatic N) is 4. The standard InChI is InChI=1S/C24H22N4O2S/c1-15-4-3-5-16(10-15)14-31-24-26-23-25-21-11-18(17-6-8-19(30-2)9-7-17)12-22(29)20(21)13-28(23)27-24/h3-10,13,18H,11-12,14H2,1-2H3/t18-/m0/s1. The van der Waals surface area contributed by atoms with Gasteiger partial charge in [-0.2, -0.15) is 4.98 Å². The van der Waals surface area contributed by atoms with Crippen LogP contribution < -0.4 is 4.74 Å². The van der Waals surface area contributed by atoms with Gasteiger partial charge in [-0.15, -0.1) is 5.10 Å². The molecule has 0 saturated heterocycles. The number of aryl methyl sites for hydroxylation is 1. The first-order valence-electron chi connectivity index (χ1n) is 10.2. The zero-order valence-corrected chi connectivity index (χ0v) is 18.2. The number of Topliss-reactive ketones (excluding diaryl/α,β-unsaturated/α-hetero) is 1. The topological polar surface area (TPSA) is 69.4 Å². The van der Waals surface area contributed by atoms with Crippen molar-refractivity contribution in [1.29, 1.82) is 0 Å². The minimum atomic E-state index is 0.0981. The molecule has 1 aliphatic rings. The Balaban J connectivity index is 1.38. The van der Waals surface area contributed by atoms with Crippen molar-refractivity contribution < 1.29 is 9.53 Å². The van der Waals surface area contributed by atoms with Gasteiger partial charge in [0.1, 0.15) is 5.75 Å². The Morgan fingerprint density at radius 1 is 1.13 bits per heavy atom. The van der Waals surface area contributed by atoms with Crippen LogP contribution in [0.2, 0.25) is 0 Å². The molecule has 1 aliphatic carbocycles. The van der Waals surface area contributed by atoms with Crippen LogP contribution in [-0.4, -0.2) is 32.5 Å². The highest BCUT2D eigenvalue weighted by molar-refractivity contribution is 7.98. The Morgan fingerprint density at radius 3 is 2.74 bits per heavy atom. The van der Waals surface area contributed by atoms with E-state index in [2.05, 4.69) is 41.3 Å². The van der Waals surface area contributed by atoms with E-state index < -0.39 is 0 Å². The third kappa shape index (κ3) is 4.05. The lowest BCUT2D eigenvalue weighted by atomic mass is 9.82. The third-order valence-electron chi connectivity index (χ3n) is 5.60. The SMILES string of the molecule is COc1ccc([C@@H]2CC(=O)c3cn4nc(SCc5cccc(C)c5)nc4nc3C2)cc1. The molecule has 156 valence electrons. The number of benzene rings is 2. The molecule has 0 N–H and O–H groups in total. The number of ether oxygens (including phenoxy) is 1. The van der Waals surface area contributed by atoms with Gasteiger partial charge in [0.25, 0.3) is 5.78 Å². The number of carbonyl (C=O) groups excluding carboxylic acids is 1. The van der Waals surface area contributed by atoms with Crippen molar-refractivity contribution in [2.45, 2.75) is 36.6 Å². The summed E-state index contributed by atoms with van der Waals surface area (Å²) < 4.78 is 6.87. The van der Waals surface area contributed by atoms with E-state index in [-0.39, 0.29) is 11.7 Å². The Labute approximate surface area is 184 Å². The second-order valence-electron chi connectivity index (χ2n) is 7.82. The lowest BCUT2D eigenvalue weighted by molar-refractivity contribution is 0.0962. The average molecular weight is 431 g/mol. The van der Waals surface area contributed by atoms with E-state index in [1.165, 1.54) is 11.1 Å². The summed E-state index contributed by atoms with van der Waals surface area (Å²) in [4.78, 5) is 22.1. The number of hydrogen-bond donors (Lipinski definition) is 0. The van der Waals surface area contributed by atoms with Crippen LogP contribution >= 0.6 is 11.8 Å². The van der Waals surface area contributed by atoms with Crippen LogP contribution in [0.1, 0.15) is 45.1 Å². The molecule has 0 bridgehead atoms. The predicted molar refractivity (Wildman–Crippen MR) is 120 cm³/mol. The minimum absolute atomic E-state index is 0.0981. The fourth-order valence-corrected chi connectivity index (χ4v) is 4.75. The van der Waals surface area contributed by atoms with Crippen LogP contribution in [0.25, 0.3) is 5.78 Å². The molecular formula is C24H22N4O2S. The molecule has 0 saturated carbocycles. The van der Waals surface area contributed by atoms with E-state index >= 15 is 0 Å². The highest BCUT2D eigenvalue weighted by atomic mass is 32.2. The molecule has 0 aliphatic heterocycles. The maximum Gasteiger partial charge on any atom is 0.253 e. The van der Waals surface area contributed by atoms with Gasteiger partial charge in [0.05, 0.1) is 18.4 Å². The van der Waals surface area contributed by atoms with Crippen LogP contribution in [0.15, 0.2) is 59.9 Å². The van der Waals surface area contributed by atoms with Crippen molar-refractivity contribution in [3.63, 3.8) is 0 Å². The summed E-state index contributed by atoms with van der Waals surface area (Å²) in [7, 11) is 1.65. The maximum atomic E-state index is 12.9. The summed E-state index contributed by atoms with van der Waals surface area (Å²) in [5.41, 5.74) is 5.04. The first-order valence-corrected chi connectivity index (χ1v) is 11.2. The third-order valence-corrected chi connectivity index (χ3v) is 6.51. The molecule has 6 nitrogen and oxygen atoms in total. The Kier molecular flexibility index (Phi) is 5.19. The van der Waals surface area contributed by atoms with Gasteiger partial charge in [0, 0.05) is 18.4 Å². The summed E-state index contributed by atoms with van der Waals surface area (Å²) in [5.74, 6) is 2.34. The summed E-state index contributed by atoms with van der Waals surface area (Å²) in [5, 5.41) is 5.19. The van der Waals surface area contributed by atoms with Gasteiger partial charge < -0.3 is 4.74 Å². The van der Waals surface area contributed by atoms with Crippen molar-refractivity contribution in [2.75, 3.05) is 7.11 Å². The Bertz CT molecular complexity index is 1270. The van der Waals surface area contributed by atoms with Gasteiger partial charge in [-0.1, -0.05) is 53.7 Å². The molecule has 0 spiro atoms. The molecule has 0 radical (unpaired) electrons. The largest absolute Gasteiger partial charge is 0.497 e. The summed E-state index contributed by atoms with van der Waals surface area (Å²) in [6.07, 6.45) is 2.96. The van der Waals surface area contributed by atoms with Gasteiger partial charge in [-0.05, 0) is 42.5 Å². The molecular weight excluding hydrogens is 408 g/mol. The molecule has 0 unspecified atom stereocenters. The van der Waals surface area contributed by atoms with E-state index in [9.17, 15) is 4.79 Å². The zero-order valence-electron chi connectivity index (χ0n) is 17.4. The number of thioether (sulfide) groups is 1. The fraction of sp³-hybridized carbons (Fsp3) is 0.250. The van der Waals surface area contributed by atoms with E-state index in [1.807, 2.05) is 24.3 Å². The number of methoxy groups -OCH3 is 1. The molecule has 0 amide bonds. The second-order valence-corrected chi connectivity index (χ2v) is 8.76. The van der Waals surface area contributed by atoms with Crippen molar-refractivity contribution in [3.05, 3.63) is 82.7 Å². The number of hydrogen-bond acceptors (Lipinski definition) is 6. The van der Waals surface area contributed by atoms with Crippen molar-refractivity contribution >= 4 is 23.3 Å². The Morgan fingerprint density at radius 2 is 1.97 bits per heavy atom. The monoisotopic (exact) mass is 430 g/mol. The summed E-state index contributed by atoms with van der Waals surface area (Å²) in [6, 6.07) is 16.3. The van der Waals surface area contributed by atoms with E-state index in [1.54, 1.807) is 29.6 Å². The first kappa shape index (κ1) is 19.8. The molecule has 2 heterocycles. The van der Waals surface area contributed by atoms with Gasteiger partial charge in [-0.3, -0.25) is 4.79 Å². The minimum Gasteiger partial charge on any atom is -0.497 e. The van der Waals surface area contributed by atoms with Crippen LogP contribution in [0.4, 0.5) is 0 Å². The van der Waals surface area contributed by atoms with Crippen LogP contribution in [0.5, 0.6) is 5.75 Å². The van der Waals surface area contributed by atoms with E-state index in [0.29, 0.717) is 29.3 Å². The molecule has 1 atom stereocenters. The lowest BCUT2D eigenvalue weighted by Gasteiger charge is -2.23. The highest BCUT2D eigenvalue weighted by Crippen LogP contribution is 2.33. The molecule has 31 heavy (non-hydrogen) atoms. The number of rotatable bonds is 5. The van der Waals surface area contributed by atoms with E-state index in [4.69, 9.17) is 9.72 Å². The molecule has 2 aromatic heterocycles. The van der Waals surface area contributed by atoms with Crippen LogP contribution in [-0.2, 0) is 12.2 Å². The fourth-order valence-electron chi connectivity index (χ4n) is 3.99. The van der Waals surface area contributed by atoms with Gasteiger partial charge >= 0.3 is 0 Å². The molecule has 2 aromatic carbocycles. The van der Waals surface area contributed by atoms with Gasteiger partial charge in [0.2, 0.25) is 5.16 Å². The summed E-state index contributed by atoms with van der Waals surface area (Å²) in [6.45, 7) is 2.09. The number of aromatic nitrogens is 4. The quantitative estimate of drug-likeness (QED) is 0.430. The predicted octanol–water partition coefficient (Wildman–Crippen LogP) is 4.65. The lowest BCUT2D eigenvalue weighted by Crippen LogP contribution is -2.21. The van der Waals surface area contributed by atoms with Gasteiger partial charge in [-0.25, -0.2) is 9.50 Å². The molecule has 4 aromatic rings. The number of fused-ring (bicyclic) bond motifs is 2. The second kappa shape index (κ2) is 8.15. The summed E-state index contributed by atoms with van der Waals surface area (Å²) >= 11 is 1.57. The Hall–Kier alpha value is -3.19. The van der Waals surface area contributed by atoms with Crippen molar-refractivity contribution in [3.8, 4) is 5.75 Å². The van der Waals surface area contributed by atoms with Crippen LogP contribution in [0.3, 0.4) is 0 Å². The maximum absolute atomic E-state index is 12.9. The smallest absolute Gasteiger partial charge is 0.253 e. The highest BCUT2D eigenvalue weighted by Gasteiger charge is 2.28. The number of carbonyl (C=O) groups is 1. The first-order chi connectivity index (χ1) is 15.1. The normalized spacial score (nSPS) is 15.8. The van der Waals surface area contributed by atoms with Crippen molar-refractivity contribution in [2.24, 2.45) is 0 Å². The molecule has 5 rings (SSSR count). The van der Waals surface area contributed by atoms with Gasteiger partial charge in [0.15, 0.2) is 5.78 Å². The van der Waals surface area contributed by atoms with Crippen molar-refractivity contribution in [1.82, 2.24) is 19.6 Å². The average Bonchev–Trinajstić information content (AvgIpc) is 3.18. The van der Waals surface area contributed by atoms with Crippen LogP contribution in [0, 0.1) is 6.92 Å². The molecule has 7 heteroatoms.